The fourth-order valence-corrected chi connectivity index (χ4v) is 5.88. The third-order valence-corrected chi connectivity index (χ3v) is 7.94. The van der Waals surface area contributed by atoms with E-state index in [1.165, 1.54) is 6.20 Å². The molecule has 2 atom stereocenters. The molecule has 0 amide bonds. The molecule has 4 rings (SSSR count). The minimum Gasteiger partial charge on any atom is -0.772 e. The molecule has 192 valence electrons. The summed E-state index contributed by atoms with van der Waals surface area (Å²) in [5, 5.41) is 23.6. The summed E-state index contributed by atoms with van der Waals surface area (Å²) in [6.07, 6.45) is 6.60. The van der Waals surface area contributed by atoms with Gasteiger partial charge in [0.2, 0.25) is 0 Å². The molecule has 1 saturated heterocycles. The van der Waals surface area contributed by atoms with Crippen LogP contribution in [-0.2, 0) is 11.1 Å². The molecular weight excluding hydrogens is 478 g/mol. The van der Waals surface area contributed by atoms with E-state index in [-0.39, 0.29) is 23.7 Å². The Kier molecular flexibility index (Phi) is 7.64. The molecular formula is C26H32N5O4S-. The average Bonchev–Trinajstić information content (AvgIpc) is 3.25. The van der Waals surface area contributed by atoms with Gasteiger partial charge in [0.25, 0.3) is 0 Å². The van der Waals surface area contributed by atoms with Crippen molar-refractivity contribution in [3.8, 4) is 22.9 Å². The lowest BCUT2D eigenvalue weighted by Gasteiger charge is -2.39. The third kappa shape index (κ3) is 5.69. The Hall–Kier alpha value is -3.00. The first-order chi connectivity index (χ1) is 17.1. The van der Waals surface area contributed by atoms with Crippen LogP contribution in [0.4, 0.5) is 5.82 Å². The summed E-state index contributed by atoms with van der Waals surface area (Å²) in [5.74, 6) is 1.61. The number of nitriles is 1. The second-order valence-corrected chi connectivity index (χ2v) is 11.4. The molecule has 10 heteroatoms. The maximum absolute atomic E-state index is 11.7. The monoisotopic (exact) mass is 510 g/mol. The molecule has 4 heterocycles. The van der Waals surface area contributed by atoms with Crippen LogP contribution >= 0.6 is 0 Å². The number of aliphatic hydroxyl groups is 1. The molecule has 0 radical (unpaired) electrons. The molecule has 3 aromatic heterocycles. The van der Waals surface area contributed by atoms with Crippen LogP contribution in [0.3, 0.4) is 0 Å². The zero-order valence-corrected chi connectivity index (χ0v) is 21.9. The first kappa shape index (κ1) is 26.1. The Balaban J connectivity index is 1.57. The summed E-state index contributed by atoms with van der Waals surface area (Å²) >= 11 is -2.07. The number of hydrogen-bond acceptors (Lipinski definition) is 8. The number of ether oxygens (including phenoxy) is 1. The predicted octanol–water partition coefficient (Wildman–Crippen LogP) is 3.54. The first-order valence-electron chi connectivity index (χ1n) is 12.1. The molecule has 0 spiro atoms. The molecule has 2 unspecified atom stereocenters. The van der Waals surface area contributed by atoms with E-state index < -0.39 is 16.7 Å². The van der Waals surface area contributed by atoms with Gasteiger partial charge in [-0.3, -0.25) is 4.21 Å². The fraction of sp³-hybridized carbons (Fsp3) is 0.500. The van der Waals surface area contributed by atoms with E-state index in [4.69, 9.17) is 9.72 Å². The lowest BCUT2D eigenvalue weighted by molar-refractivity contribution is 0.0283. The number of aromatic nitrogens is 3. The number of hydrogen-bond donors (Lipinski definition) is 1. The van der Waals surface area contributed by atoms with Crippen LogP contribution in [0.25, 0.3) is 16.6 Å². The van der Waals surface area contributed by atoms with Gasteiger partial charge in [0, 0.05) is 35.7 Å². The minimum absolute atomic E-state index is 0.0965. The molecule has 0 aromatic carbocycles. The van der Waals surface area contributed by atoms with Crippen molar-refractivity contribution in [3.05, 3.63) is 42.4 Å². The molecule has 1 aliphatic rings. The van der Waals surface area contributed by atoms with E-state index in [0.717, 1.165) is 42.9 Å². The van der Waals surface area contributed by atoms with E-state index in [1.54, 1.807) is 30.8 Å². The Morgan fingerprint density at radius 1 is 1.31 bits per heavy atom. The van der Waals surface area contributed by atoms with Crippen LogP contribution < -0.4 is 9.64 Å². The van der Waals surface area contributed by atoms with Crippen LogP contribution in [0.1, 0.15) is 46.1 Å². The van der Waals surface area contributed by atoms with Crippen molar-refractivity contribution in [2.24, 2.45) is 11.8 Å². The average molecular weight is 511 g/mol. The maximum atomic E-state index is 11.7. The quantitative estimate of drug-likeness (QED) is 0.456. The molecule has 3 aromatic rings. The topological polar surface area (TPSA) is 127 Å². The van der Waals surface area contributed by atoms with Crippen molar-refractivity contribution >= 4 is 22.4 Å². The Morgan fingerprint density at radius 2 is 2.03 bits per heavy atom. The Labute approximate surface area is 214 Å². The SMILES string of the molecule is CC(C)C(C1CCN(c2ccc(-c3cc(OCC(C)(C)O)cn4ncc(C#N)c34)cn2)CC1)S(=O)[O-]. The maximum Gasteiger partial charge on any atom is 0.138 e. The third-order valence-electron chi connectivity index (χ3n) is 6.57. The van der Waals surface area contributed by atoms with E-state index in [9.17, 15) is 19.1 Å². The number of rotatable bonds is 8. The number of fused-ring (bicyclic) bond motifs is 1. The molecule has 0 aliphatic carbocycles. The second-order valence-electron chi connectivity index (χ2n) is 10.4. The van der Waals surface area contributed by atoms with Gasteiger partial charge in [0.05, 0.1) is 29.1 Å². The molecule has 1 fully saturated rings. The summed E-state index contributed by atoms with van der Waals surface area (Å²) in [7, 11) is 0. The highest BCUT2D eigenvalue weighted by atomic mass is 32.2. The van der Waals surface area contributed by atoms with Gasteiger partial charge in [0.15, 0.2) is 0 Å². The van der Waals surface area contributed by atoms with Crippen LogP contribution in [0.5, 0.6) is 5.75 Å². The second kappa shape index (κ2) is 10.5. The van der Waals surface area contributed by atoms with Crippen molar-refractivity contribution in [3.63, 3.8) is 0 Å². The highest BCUT2D eigenvalue weighted by molar-refractivity contribution is 7.79. The zero-order chi connectivity index (χ0) is 26.0. The standard InChI is InChI=1S/C26H33N5O4S/c1-17(2)25(36(33)34)18-7-9-30(10-8-18)23-6-5-19(13-28-23)22-11-21(35-16-26(3,4)32)15-31-24(22)20(12-27)14-29-31/h5-6,11,13-15,17-18,25,32H,7-10,16H2,1-4H3,(H,33,34)/p-1. The summed E-state index contributed by atoms with van der Waals surface area (Å²) in [5.41, 5.74) is 1.68. The van der Waals surface area contributed by atoms with Gasteiger partial charge in [-0.2, -0.15) is 10.4 Å². The molecule has 0 bridgehead atoms. The van der Waals surface area contributed by atoms with Crippen molar-refractivity contribution in [1.82, 2.24) is 14.6 Å². The summed E-state index contributed by atoms with van der Waals surface area (Å²) in [6, 6.07) is 7.93. The number of piperidine rings is 1. The van der Waals surface area contributed by atoms with Crippen LogP contribution in [0.2, 0.25) is 0 Å². The molecule has 9 nitrogen and oxygen atoms in total. The molecule has 36 heavy (non-hydrogen) atoms. The molecule has 0 saturated carbocycles. The van der Waals surface area contributed by atoms with Gasteiger partial charge in [-0.15, -0.1) is 0 Å². The predicted molar refractivity (Wildman–Crippen MR) is 137 cm³/mol. The number of nitrogens with zero attached hydrogens (tertiary/aromatic N) is 5. The zero-order valence-electron chi connectivity index (χ0n) is 21.0. The number of pyridine rings is 2. The van der Waals surface area contributed by atoms with Crippen molar-refractivity contribution in [2.75, 3.05) is 24.6 Å². The van der Waals surface area contributed by atoms with Gasteiger partial charge in [-0.1, -0.05) is 24.9 Å². The van der Waals surface area contributed by atoms with Crippen LogP contribution in [0, 0.1) is 23.2 Å². The smallest absolute Gasteiger partial charge is 0.138 e. The lowest BCUT2D eigenvalue weighted by atomic mass is 9.88. The molecule has 1 aliphatic heterocycles. The van der Waals surface area contributed by atoms with Crippen LogP contribution in [0.15, 0.2) is 36.8 Å². The highest BCUT2D eigenvalue weighted by Crippen LogP contribution is 2.33. The fourth-order valence-electron chi connectivity index (χ4n) is 4.85. The van der Waals surface area contributed by atoms with Gasteiger partial charge >= 0.3 is 0 Å². The highest BCUT2D eigenvalue weighted by Gasteiger charge is 2.30. The minimum atomic E-state index is -2.07. The lowest BCUT2D eigenvalue weighted by Crippen LogP contribution is -2.41. The van der Waals surface area contributed by atoms with Crippen molar-refractivity contribution in [2.45, 2.75) is 51.4 Å². The Morgan fingerprint density at radius 3 is 2.58 bits per heavy atom. The summed E-state index contributed by atoms with van der Waals surface area (Å²) < 4.78 is 30.9. The molecule has 1 N–H and O–H groups in total. The van der Waals surface area contributed by atoms with Gasteiger partial charge in [-0.05, 0) is 56.7 Å². The van der Waals surface area contributed by atoms with E-state index in [0.29, 0.717) is 16.8 Å². The van der Waals surface area contributed by atoms with Crippen LogP contribution in [-0.4, -0.2) is 59.0 Å². The van der Waals surface area contributed by atoms with E-state index in [2.05, 4.69) is 16.1 Å². The number of anilines is 1. The summed E-state index contributed by atoms with van der Waals surface area (Å²) in [4.78, 5) is 6.88. The van der Waals surface area contributed by atoms with E-state index >= 15 is 0 Å². The van der Waals surface area contributed by atoms with E-state index in [1.807, 2.05) is 32.0 Å². The van der Waals surface area contributed by atoms with Gasteiger partial charge in [-0.25, -0.2) is 9.50 Å². The normalized spacial score (nSPS) is 16.8. The van der Waals surface area contributed by atoms with Crippen molar-refractivity contribution < 1.29 is 18.6 Å². The summed E-state index contributed by atoms with van der Waals surface area (Å²) in [6.45, 7) is 8.88. The van der Waals surface area contributed by atoms with Gasteiger partial charge < -0.3 is 19.3 Å². The van der Waals surface area contributed by atoms with Gasteiger partial charge in [0.1, 0.15) is 24.2 Å². The first-order valence-corrected chi connectivity index (χ1v) is 13.3. The van der Waals surface area contributed by atoms with Crippen molar-refractivity contribution in [1.29, 1.82) is 5.26 Å². The largest absolute Gasteiger partial charge is 0.772 e. The Bertz CT molecular complexity index is 1270.